The van der Waals surface area contributed by atoms with Gasteiger partial charge in [-0.3, -0.25) is 9.36 Å². The molecule has 0 fully saturated rings. The summed E-state index contributed by atoms with van der Waals surface area (Å²) in [6, 6.07) is -0.655. The van der Waals surface area contributed by atoms with E-state index in [2.05, 4.69) is 20.4 Å². The maximum atomic E-state index is 12.5. The van der Waals surface area contributed by atoms with Gasteiger partial charge in [0.2, 0.25) is 5.89 Å². The van der Waals surface area contributed by atoms with Gasteiger partial charge in [-0.15, -0.1) is 0 Å². The van der Waals surface area contributed by atoms with Gasteiger partial charge in [0.1, 0.15) is 6.04 Å². The van der Waals surface area contributed by atoms with Crippen molar-refractivity contribution in [3.05, 3.63) is 34.5 Å². The molecule has 0 radical (unpaired) electrons. The van der Waals surface area contributed by atoms with Crippen LogP contribution in [-0.4, -0.2) is 38.8 Å². The van der Waals surface area contributed by atoms with Crippen LogP contribution in [0.4, 0.5) is 5.82 Å². The Hall–Kier alpha value is -2.71. The number of rotatable bonds is 9. The molecule has 0 bridgehead atoms. The maximum absolute atomic E-state index is 12.5. The third kappa shape index (κ3) is 4.88. The second kappa shape index (κ2) is 8.95. The SMILES string of the molecule is CCOC(=O)[C@H](CC)n1ccnc(NCCCc2nc(C)no2)c1=O. The lowest BCUT2D eigenvalue weighted by Gasteiger charge is -2.17. The summed E-state index contributed by atoms with van der Waals surface area (Å²) in [5.74, 6) is 0.939. The van der Waals surface area contributed by atoms with Crippen molar-refractivity contribution in [2.24, 2.45) is 0 Å². The molecule has 0 aromatic carbocycles. The topological polar surface area (TPSA) is 112 Å². The minimum absolute atomic E-state index is 0.201. The summed E-state index contributed by atoms with van der Waals surface area (Å²) in [6.45, 7) is 6.11. The Morgan fingerprint density at radius 2 is 2.24 bits per heavy atom. The Morgan fingerprint density at radius 3 is 2.88 bits per heavy atom. The molecule has 0 aliphatic carbocycles. The highest BCUT2D eigenvalue weighted by atomic mass is 16.5. The highest BCUT2D eigenvalue weighted by Gasteiger charge is 2.21. The van der Waals surface area contributed by atoms with E-state index in [9.17, 15) is 9.59 Å². The molecule has 0 unspecified atom stereocenters. The Labute approximate surface area is 145 Å². The Balaban J connectivity index is 1.99. The number of aryl methyl sites for hydroxylation is 2. The highest BCUT2D eigenvalue weighted by molar-refractivity contribution is 5.74. The first-order valence-corrected chi connectivity index (χ1v) is 8.33. The summed E-state index contributed by atoms with van der Waals surface area (Å²) in [5.41, 5.74) is -0.351. The number of carbonyl (C=O) groups excluding carboxylic acids is 1. The van der Waals surface area contributed by atoms with Crippen molar-refractivity contribution in [1.29, 1.82) is 0 Å². The molecule has 0 aliphatic heterocycles. The molecule has 2 rings (SSSR count). The summed E-state index contributed by atoms with van der Waals surface area (Å²) in [6.07, 6.45) is 4.76. The monoisotopic (exact) mass is 349 g/mol. The number of nitrogens with one attached hydrogen (secondary N) is 1. The molecule has 0 spiro atoms. The van der Waals surface area contributed by atoms with Crippen LogP contribution in [0.3, 0.4) is 0 Å². The van der Waals surface area contributed by atoms with E-state index in [1.807, 2.05) is 6.92 Å². The van der Waals surface area contributed by atoms with Crippen molar-refractivity contribution in [2.45, 2.75) is 46.1 Å². The van der Waals surface area contributed by atoms with Gasteiger partial charge in [-0.05, 0) is 26.7 Å². The van der Waals surface area contributed by atoms with Crippen molar-refractivity contribution in [3.63, 3.8) is 0 Å². The lowest BCUT2D eigenvalue weighted by molar-refractivity contribution is -0.147. The van der Waals surface area contributed by atoms with E-state index >= 15 is 0 Å². The van der Waals surface area contributed by atoms with Crippen LogP contribution in [0.2, 0.25) is 0 Å². The summed E-state index contributed by atoms with van der Waals surface area (Å²) in [4.78, 5) is 32.7. The Morgan fingerprint density at radius 1 is 1.44 bits per heavy atom. The molecular weight excluding hydrogens is 326 g/mol. The fraction of sp³-hybridized carbons (Fsp3) is 0.562. The zero-order chi connectivity index (χ0) is 18.2. The number of esters is 1. The molecule has 0 amide bonds. The van der Waals surface area contributed by atoms with E-state index in [-0.39, 0.29) is 18.0 Å². The number of aromatic nitrogens is 4. The molecular formula is C16H23N5O4. The van der Waals surface area contributed by atoms with Crippen LogP contribution < -0.4 is 10.9 Å². The van der Waals surface area contributed by atoms with Crippen molar-refractivity contribution < 1.29 is 14.1 Å². The lowest BCUT2D eigenvalue weighted by atomic mass is 10.2. The van der Waals surface area contributed by atoms with Gasteiger partial charge in [-0.25, -0.2) is 9.78 Å². The Kier molecular flexibility index (Phi) is 6.67. The van der Waals surface area contributed by atoms with Crippen LogP contribution >= 0.6 is 0 Å². The molecule has 2 aromatic heterocycles. The number of carbonyl (C=O) groups is 1. The molecule has 1 atom stereocenters. The quantitative estimate of drug-likeness (QED) is 0.535. The van der Waals surface area contributed by atoms with Crippen molar-refractivity contribution in [2.75, 3.05) is 18.5 Å². The van der Waals surface area contributed by atoms with Crippen LogP contribution in [0, 0.1) is 6.92 Å². The molecule has 25 heavy (non-hydrogen) atoms. The zero-order valence-corrected chi connectivity index (χ0v) is 14.7. The molecule has 0 saturated heterocycles. The van der Waals surface area contributed by atoms with Gasteiger partial charge in [0.05, 0.1) is 6.61 Å². The summed E-state index contributed by atoms with van der Waals surface area (Å²) in [7, 11) is 0. The molecule has 136 valence electrons. The van der Waals surface area contributed by atoms with Gasteiger partial charge in [0.15, 0.2) is 11.6 Å². The average molecular weight is 349 g/mol. The van der Waals surface area contributed by atoms with E-state index in [4.69, 9.17) is 9.26 Å². The van der Waals surface area contributed by atoms with Crippen LogP contribution in [0.1, 0.15) is 44.4 Å². The van der Waals surface area contributed by atoms with Gasteiger partial charge in [-0.2, -0.15) is 4.98 Å². The normalized spacial score (nSPS) is 12.0. The molecule has 9 heteroatoms. The summed E-state index contributed by atoms with van der Waals surface area (Å²) in [5, 5.41) is 6.72. The minimum atomic E-state index is -0.655. The van der Waals surface area contributed by atoms with E-state index < -0.39 is 12.0 Å². The lowest BCUT2D eigenvalue weighted by Crippen LogP contribution is -2.32. The third-order valence-electron chi connectivity index (χ3n) is 3.58. The number of nitrogens with zero attached hydrogens (tertiary/aromatic N) is 4. The first-order chi connectivity index (χ1) is 12.1. The molecule has 1 N–H and O–H groups in total. The second-order valence-electron chi connectivity index (χ2n) is 5.43. The number of anilines is 1. The fourth-order valence-electron chi connectivity index (χ4n) is 2.39. The fourth-order valence-corrected chi connectivity index (χ4v) is 2.39. The predicted octanol–water partition coefficient (Wildman–Crippen LogP) is 1.49. The second-order valence-corrected chi connectivity index (χ2v) is 5.43. The smallest absolute Gasteiger partial charge is 0.329 e. The van der Waals surface area contributed by atoms with E-state index in [0.717, 1.165) is 0 Å². The van der Waals surface area contributed by atoms with Crippen molar-refractivity contribution >= 4 is 11.8 Å². The molecule has 2 heterocycles. The van der Waals surface area contributed by atoms with Gasteiger partial charge in [0.25, 0.3) is 5.56 Å². The van der Waals surface area contributed by atoms with Gasteiger partial charge in [-0.1, -0.05) is 12.1 Å². The largest absolute Gasteiger partial charge is 0.464 e. The first-order valence-electron chi connectivity index (χ1n) is 8.33. The average Bonchev–Trinajstić information content (AvgIpc) is 3.00. The maximum Gasteiger partial charge on any atom is 0.329 e. The first kappa shape index (κ1) is 18.6. The van der Waals surface area contributed by atoms with Crippen LogP contribution in [0.15, 0.2) is 21.7 Å². The van der Waals surface area contributed by atoms with Crippen LogP contribution in [0.25, 0.3) is 0 Å². The third-order valence-corrected chi connectivity index (χ3v) is 3.58. The van der Waals surface area contributed by atoms with E-state index in [1.165, 1.54) is 17.0 Å². The molecule has 0 aliphatic rings. The van der Waals surface area contributed by atoms with Gasteiger partial charge >= 0.3 is 5.97 Å². The van der Waals surface area contributed by atoms with Gasteiger partial charge in [0, 0.05) is 25.4 Å². The Bertz CT molecular complexity index is 755. The molecule has 2 aromatic rings. The number of hydrogen-bond acceptors (Lipinski definition) is 8. The van der Waals surface area contributed by atoms with Crippen molar-refractivity contribution in [1.82, 2.24) is 19.7 Å². The minimum Gasteiger partial charge on any atom is -0.464 e. The van der Waals surface area contributed by atoms with Gasteiger partial charge < -0.3 is 14.6 Å². The van der Waals surface area contributed by atoms with Crippen molar-refractivity contribution in [3.8, 4) is 0 Å². The van der Waals surface area contributed by atoms with Crippen LogP contribution in [-0.2, 0) is 16.0 Å². The van der Waals surface area contributed by atoms with E-state index in [1.54, 1.807) is 13.8 Å². The number of hydrogen-bond donors (Lipinski definition) is 1. The summed E-state index contributed by atoms with van der Waals surface area (Å²) < 4.78 is 11.4. The standard InChI is InChI=1S/C16H23N5O4/c1-4-12(16(23)24-5-2)21-10-9-18-14(15(21)22)17-8-6-7-13-19-11(3)20-25-13/h9-10,12H,4-8H2,1-3H3,(H,17,18)/t12-/m0/s1. The van der Waals surface area contributed by atoms with E-state index in [0.29, 0.717) is 37.5 Å². The summed E-state index contributed by atoms with van der Waals surface area (Å²) >= 11 is 0. The molecule has 0 saturated carbocycles. The molecule has 9 nitrogen and oxygen atoms in total. The zero-order valence-electron chi connectivity index (χ0n) is 14.7. The predicted molar refractivity (Wildman–Crippen MR) is 90.3 cm³/mol. The van der Waals surface area contributed by atoms with Crippen LogP contribution in [0.5, 0.6) is 0 Å². The number of ether oxygens (including phenoxy) is 1. The highest BCUT2D eigenvalue weighted by Crippen LogP contribution is 2.11.